The molecule has 3 aliphatic heterocycles. The third kappa shape index (κ3) is 7.89. The van der Waals surface area contributed by atoms with Gasteiger partial charge in [-0.05, 0) is 75.1 Å². The van der Waals surface area contributed by atoms with Crippen LogP contribution in [0.25, 0.3) is 21.5 Å². The van der Waals surface area contributed by atoms with Gasteiger partial charge in [0.2, 0.25) is 0 Å². The Morgan fingerprint density at radius 1 is 0.704 bits per heavy atom. The molecule has 0 bridgehead atoms. The van der Waals surface area contributed by atoms with E-state index >= 15 is 0 Å². The first-order valence-corrected chi connectivity index (χ1v) is 19.9. The zero-order valence-corrected chi connectivity index (χ0v) is 31.0. The van der Waals surface area contributed by atoms with Crippen LogP contribution in [0, 0.1) is 0 Å². The molecule has 0 aromatic heterocycles. The Morgan fingerprint density at radius 2 is 1.39 bits per heavy atom. The Kier molecular flexibility index (Phi) is 10.7. The predicted octanol–water partition coefficient (Wildman–Crippen LogP) is 10.5. The summed E-state index contributed by atoms with van der Waals surface area (Å²) in [6.45, 7) is 2.58. The SMILES string of the molecule is CC1Nc2ccc(N=Nc3ccc(N=Nc4ccccc4)c4ccccc34)c3cccc(c23)NC1CCCOC(=O)CCCC[C@H]1SC[C@H]2NC(=O)N[C@H]21. The molecule has 3 aliphatic rings. The molecule has 11 nitrogen and oxygen atoms in total. The van der Waals surface area contributed by atoms with Crippen LogP contribution in [0.5, 0.6) is 0 Å². The smallest absolute Gasteiger partial charge is 0.315 e. The summed E-state index contributed by atoms with van der Waals surface area (Å²) >= 11 is 1.91. The number of hydrogen-bond donors (Lipinski definition) is 4. The van der Waals surface area contributed by atoms with Crippen LogP contribution in [0.1, 0.15) is 45.4 Å². The van der Waals surface area contributed by atoms with Gasteiger partial charge in [-0.15, -0.1) is 15.3 Å². The monoisotopic (exact) mass is 740 g/mol. The first kappa shape index (κ1) is 35.5. The highest BCUT2D eigenvalue weighted by Gasteiger charge is 2.42. The maximum absolute atomic E-state index is 12.5. The summed E-state index contributed by atoms with van der Waals surface area (Å²) in [7, 11) is 0. The zero-order valence-electron chi connectivity index (χ0n) is 30.2. The number of hydrogen-bond acceptors (Lipinski definition) is 10. The summed E-state index contributed by atoms with van der Waals surface area (Å²) in [5.41, 5.74) is 5.19. The van der Waals surface area contributed by atoms with Gasteiger partial charge in [-0.25, -0.2) is 4.79 Å². The molecule has 5 aromatic carbocycles. The Hall–Kier alpha value is -5.49. The maximum Gasteiger partial charge on any atom is 0.315 e. The van der Waals surface area contributed by atoms with E-state index in [1.165, 1.54) is 0 Å². The van der Waals surface area contributed by atoms with Gasteiger partial charge in [0.05, 0.1) is 41.4 Å². The number of urea groups is 1. The molecule has 0 aliphatic carbocycles. The summed E-state index contributed by atoms with van der Waals surface area (Å²) in [6.07, 6.45) is 4.77. The normalized spacial score (nSPS) is 21.8. The minimum Gasteiger partial charge on any atom is -0.466 e. The number of fused-ring (bicyclic) bond motifs is 2. The quantitative estimate of drug-likeness (QED) is 0.0410. The molecule has 5 atom stereocenters. The maximum atomic E-state index is 12.5. The lowest BCUT2D eigenvalue weighted by Gasteiger charge is -2.24. The van der Waals surface area contributed by atoms with Crippen molar-refractivity contribution in [3.05, 3.63) is 97.1 Å². The van der Waals surface area contributed by atoms with Crippen molar-refractivity contribution in [3.63, 3.8) is 0 Å². The van der Waals surface area contributed by atoms with E-state index in [9.17, 15) is 9.59 Å². The number of anilines is 2. The molecule has 2 unspecified atom stereocenters. The topological polar surface area (TPSA) is 141 Å². The number of amides is 2. The number of ether oxygens (including phenoxy) is 1. The molecule has 12 heteroatoms. The standard InChI is InChI=1S/C42H44N8O3S/c1-26-31(17-10-24-53-39(51)19-8-7-18-38-41-37(25-54-38)45-42(52)46-41)44-35-16-9-15-30-34(22-23-36(43-26)40(30)35)50-49-33-21-20-32(28-13-5-6-14-29(28)33)48-47-27-11-3-2-4-12-27/h2-6,9,11-16,20-23,26,31,37-38,41,43-44H,7-8,10,17-19,24-25H2,1H3,(H2,45,46,52)/t26?,31?,37-,38-,41-/m1/s1. The minimum atomic E-state index is -0.140. The summed E-state index contributed by atoms with van der Waals surface area (Å²) in [4.78, 5) is 24.1. The fourth-order valence-electron chi connectivity index (χ4n) is 7.69. The molecule has 0 saturated carbocycles. The van der Waals surface area contributed by atoms with Crippen molar-refractivity contribution in [2.24, 2.45) is 20.5 Å². The van der Waals surface area contributed by atoms with Gasteiger partial charge < -0.3 is 26.0 Å². The molecule has 54 heavy (non-hydrogen) atoms. The van der Waals surface area contributed by atoms with Gasteiger partial charge in [0.15, 0.2) is 0 Å². The number of carbonyl (C=O) groups excluding carboxylic acids is 2. The molecule has 2 fully saturated rings. The highest BCUT2D eigenvalue weighted by molar-refractivity contribution is 8.00. The highest BCUT2D eigenvalue weighted by atomic mass is 32.2. The van der Waals surface area contributed by atoms with E-state index in [1.54, 1.807) is 0 Å². The van der Waals surface area contributed by atoms with Gasteiger partial charge in [0, 0.05) is 62.4 Å². The van der Waals surface area contributed by atoms with Crippen molar-refractivity contribution >= 4 is 79.4 Å². The van der Waals surface area contributed by atoms with Crippen molar-refractivity contribution in [2.75, 3.05) is 23.0 Å². The van der Waals surface area contributed by atoms with Crippen LogP contribution in [-0.4, -0.2) is 53.8 Å². The van der Waals surface area contributed by atoms with Crippen molar-refractivity contribution in [3.8, 4) is 0 Å². The van der Waals surface area contributed by atoms with E-state index in [0.717, 1.165) is 93.5 Å². The molecule has 0 radical (unpaired) electrons. The number of esters is 1. The van der Waals surface area contributed by atoms with Crippen molar-refractivity contribution in [1.29, 1.82) is 0 Å². The van der Waals surface area contributed by atoms with Crippen LogP contribution in [-0.2, 0) is 9.53 Å². The number of thioether (sulfide) groups is 1. The first-order chi connectivity index (χ1) is 26.5. The fourth-order valence-corrected chi connectivity index (χ4v) is 9.23. The molecule has 276 valence electrons. The summed E-state index contributed by atoms with van der Waals surface area (Å²) in [5, 5.41) is 36.4. The van der Waals surface area contributed by atoms with E-state index in [0.29, 0.717) is 18.3 Å². The van der Waals surface area contributed by atoms with E-state index in [-0.39, 0.29) is 36.2 Å². The summed E-state index contributed by atoms with van der Waals surface area (Å²) < 4.78 is 5.63. The zero-order chi connectivity index (χ0) is 36.9. The molecule has 0 spiro atoms. The predicted molar refractivity (Wildman–Crippen MR) is 217 cm³/mol. The Balaban J connectivity index is 0.877. The number of benzene rings is 5. The highest BCUT2D eigenvalue weighted by Crippen LogP contribution is 2.41. The van der Waals surface area contributed by atoms with Gasteiger partial charge in [0.1, 0.15) is 0 Å². The molecule has 8 rings (SSSR count). The van der Waals surface area contributed by atoms with Crippen molar-refractivity contribution in [2.45, 2.75) is 74.9 Å². The van der Waals surface area contributed by atoms with Crippen LogP contribution in [0.15, 0.2) is 118 Å². The van der Waals surface area contributed by atoms with Gasteiger partial charge in [-0.1, -0.05) is 61.0 Å². The number of unbranched alkanes of at least 4 members (excludes halogenated alkanes) is 1. The fraction of sp³-hybridized carbons (Fsp3) is 0.333. The molecule has 5 aromatic rings. The molecular formula is C42H44N8O3S. The summed E-state index contributed by atoms with van der Waals surface area (Å²) in [6, 6.07) is 32.6. The Labute approximate surface area is 318 Å². The lowest BCUT2D eigenvalue weighted by atomic mass is 10.0. The number of carbonyl (C=O) groups is 2. The largest absolute Gasteiger partial charge is 0.466 e. The van der Waals surface area contributed by atoms with Gasteiger partial charge in [0.25, 0.3) is 0 Å². The third-order valence-electron chi connectivity index (χ3n) is 10.5. The number of rotatable bonds is 13. The van der Waals surface area contributed by atoms with Gasteiger partial charge in [-0.3, -0.25) is 4.79 Å². The average Bonchev–Trinajstić information content (AvgIpc) is 3.71. The van der Waals surface area contributed by atoms with Crippen LogP contribution < -0.4 is 21.3 Å². The van der Waals surface area contributed by atoms with E-state index in [1.807, 2.05) is 84.6 Å². The minimum absolute atomic E-state index is 0.0610. The van der Waals surface area contributed by atoms with Crippen molar-refractivity contribution < 1.29 is 14.3 Å². The summed E-state index contributed by atoms with van der Waals surface area (Å²) in [5.74, 6) is 0.812. The average molecular weight is 741 g/mol. The lowest BCUT2D eigenvalue weighted by molar-refractivity contribution is -0.143. The van der Waals surface area contributed by atoms with E-state index in [2.05, 4.69) is 62.7 Å². The van der Waals surface area contributed by atoms with Crippen LogP contribution in [0.4, 0.5) is 38.9 Å². The number of nitrogens with one attached hydrogen (secondary N) is 4. The lowest BCUT2D eigenvalue weighted by Crippen LogP contribution is -2.36. The molecule has 2 amide bonds. The van der Waals surface area contributed by atoms with E-state index < -0.39 is 0 Å². The Morgan fingerprint density at radius 3 is 2.19 bits per heavy atom. The second-order valence-corrected chi connectivity index (χ2v) is 15.4. The first-order valence-electron chi connectivity index (χ1n) is 18.8. The number of nitrogens with zero attached hydrogens (tertiary/aromatic N) is 4. The van der Waals surface area contributed by atoms with E-state index in [4.69, 9.17) is 15.0 Å². The molecule has 3 heterocycles. The van der Waals surface area contributed by atoms with Gasteiger partial charge in [-0.2, -0.15) is 16.9 Å². The van der Waals surface area contributed by atoms with Crippen LogP contribution in [0.2, 0.25) is 0 Å². The molecule has 4 N–H and O–H groups in total. The third-order valence-corrected chi connectivity index (χ3v) is 12.0. The number of azo groups is 2. The molecule has 2 saturated heterocycles. The second kappa shape index (κ2) is 16.3. The van der Waals surface area contributed by atoms with Gasteiger partial charge >= 0.3 is 12.0 Å². The second-order valence-electron chi connectivity index (χ2n) is 14.2. The van der Waals surface area contributed by atoms with Crippen LogP contribution >= 0.6 is 11.8 Å². The van der Waals surface area contributed by atoms with Crippen molar-refractivity contribution in [1.82, 2.24) is 10.6 Å². The van der Waals surface area contributed by atoms with Crippen LogP contribution in [0.3, 0.4) is 0 Å². The molecular weight excluding hydrogens is 697 g/mol. The Bertz CT molecular complexity index is 2210.